The highest BCUT2D eigenvalue weighted by molar-refractivity contribution is 7.99. The van der Waals surface area contributed by atoms with E-state index in [1.54, 1.807) is 18.2 Å². The Kier molecular flexibility index (Phi) is 4.51. The van der Waals surface area contributed by atoms with Gasteiger partial charge in [-0.15, -0.1) is 11.8 Å². The zero-order valence-electron chi connectivity index (χ0n) is 7.67. The summed E-state index contributed by atoms with van der Waals surface area (Å²) in [7, 11) is 0. The van der Waals surface area contributed by atoms with Crippen molar-refractivity contribution in [1.29, 1.82) is 0 Å². The predicted molar refractivity (Wildman–Crippen MR) is 64.0 cm³/mol. The summed E-state index contributed by atoms with van der Waals surface area (Å²) in [5, 5.41) is 9.66. The Morgan fingerprint density at radius 1 is 1.40 bits per heavy atom. The van der Waals surface area contributed by atoms with Gasteiger partial charge in [-0.25, -0.2) is 4.79 Å². The van der Waals surface area contributed by atoms with E-state index in [-0.39, 0.29) is 11.3 Å². The van der Waals surface area contributed by atoms with Gasteiger partial charge in [-0.2, -0.15) is 0 Å². The number of carboxylic acid groups (broad SMARTS) is 1. The van der Waals surface area contributed by atoms with E-state index in [1.165, 1.54) is 11.8 Å². The Balaban J connectivity index is 2.73. The normalized spacial score (nSPS) is 10.0. The fourth-order valence-electron chi connectivity index (χ4n) is 0.841. The number of rotatable bonds is 4. The molecule has 0 bridgehead atoms. The molecule has 5 heteroatoms. The van der Waals surface area contributed by atoms with Gasteiger partial charge in [-0.1, -0.05) is 35.8 Å². The summed E-state index contributed by atoms with van der Waals surface area (Å²) in [4.78, 5) is 11.2. The predicted octanol–water partition coefficient (Wildman–Crippen LogP) is 3.73. The molecule has 15 heavy (non-hydrogen) atoms. The maximum absolute atomic E-state index is 10.5. The molecule has 0 amide bonds. The van der Waals surface area contributed by atoms with Gasteiger partial charge in [0.15, 0.2) is 0 Å². The molecule has 0 aromatic heterocycles. The van der Waals surface area contributed by atoms with Crippen LogP contribution in [0.2, 0.25) is 10.0 Å². The van der Waals surface area contributed by atoms with E-state index in [0.717, 1.165) is 0 Å². The van der Waals surface area contributed by atoms with Crippen LogP contribution in [0.25, 0.3) is 0 Å². The third-order valence-electron chi connectivity index (χ3n) is 1.61. The highest BCUT2D eigenvalue weighted by Gasteiger charge is 2.09. The molecule has 1 aromatic carbocycles. The van der Waals surface area contributed by atoms with Gasteiger partial charge in [-0.05, 0) is 12.1 Å². The van der Waals surface area contributed by atoms with E-state index in [4.69, 9.17) is 28.3 Å². The highest BCUT2D eigenvalue weighted by Crippen LogP contribution is 2.34. The Morgan fingerprint density at radius 3 is 2.40 bits per heavy atom. The van der Waals surface area contributed by atoms with E-state index in [0.29, 0.717) is 14.9 Å². The van der Waals surface area contributed by atoms with E-state index in [2.05, 4.69) is 6.58 Å². The van der Waals surface area contributed by atoms with Gasteiger partial charge < -0.3 is 5.11 Å². The molecule has 0 aliphatic rings. The molecule has 0 fully saturated rings. The summed E-state index contributed by atoms with van der Waals surface area (Å²) in [6.45, 7) is 3.42. The van der Waals surface area contributed by atoms with Crippen LogP contribution in [0.15, 0.2) is 35.2 Å². The molecule has 0 heterocycles. The number of hydrogen-bond acceptors (Lipinski definition) is 2. The lowest BCUT2D eigenvalue weighted by Gasteiger charge is -2.05. The first-order valence-electron chi connectivity index (χ1n) is 4.00. The zero-order chi connectivity index (χ0) is 11.4. The lowest BCUT2D eigenvalue weighted by molar-refractivity contribution is -0.132. The minimum Gasteiger partial charge on any atom is -0.478 e. The first-order chi connectivity index (χ1) is 7.02. The largest absolute Gasteiger partial charge is 0.478 e. The molecular weight excluding hydrogens is 255 g/mol. The van der Waals surface area contributed by atoms with Gasteiger partial charge in [0, 0.05) is 16.2 Å². The number of carboxylic acids is 1. The van der Waals surface area contributed by atoms with Gasteiger partial charge in [0.25, 0.3) is 0 Å². The van der Waals surface area contributed by atoms with Crippen LogP contribution in [0.1, 0.15) is 0 Å². The number of carbonyl (C=O) groups is 1. The zero-order valence-corrected chi connectivity index (χ0v) is 9.99. The highest BCUT2D eigenvalue weighted by atomic mass is 35.5. The van der Waals surface area contributed by atoms with Crippen molar-refractivity contribution in [1.82, 2.24) is 0 Å². The molecule has 1 aromatic rings. The number of thioether (sulfide) groups is 1. The SMILES string of the molecule is C=C(CSc1c(Cl)cccc1Cl)C(=O)O. The molecule has 0 aliphatic carbocycles. The quantitative estimate of drug-likeness (QED) is 0.664. The Labute approximate surface area is 102 Å². The standard InChI is InChI=1S/C10H8Cl2O2S/c1-6(10(13)14)5-15-9-7(11)3-2-4-8(9)12/h2-4H,1,5H2,(H,13,14). The van der Waals surface area contributed by atoms with Crippen molar-refractivity contribution in [3.63, 3.8) is 0 Å². The Bertz CT molecular complexity index is 384. The second-order valence-electron chi connectivity index (χ2n) is 2.75. The number of benzene rings is 1. The van der Waals surface area contributed by atoms with Gasteiger partial charge >= 0.3 is 5.97 Å². The molecule has 0 aliphatic heterocycles. The minimum atomic E-state index is -1.01. The van der Waals surface area contributed by atoms with Crippen molar-refractivity contribution in [2.75, 3.05) is 5.75 Å². The number of hydrogen-bond donors (Lipinski definition) is 1. The van der Waals surface area contributed by atoms with Crippen LogP contribution in [0.4, 0.5) is 0 Å². The number of aliphatic carboxylic acids is 1. The van der Waals surface area contributed by atoms with Crippen LogP contribution < -0.4 is 0 Å². The minimum absolute atomic E-state index is 0.121. The average Bonchev–Trinajstić information content (AvgIpc) is 2.16. The van der Waals surface area contributed by atoms with E-state index in [1.807, 2.05) is 0 Å². The van der Waals surface area contributed by atoms with Crippen molar-refractivity contribution in [2.45, 2.75) is 4.90 Å². The second-order valence-corrected chi connectivity index (χ2v) is 4.55. The molecule has 0 saturated heterocycles. The van der Waals surface area contributed by atoms with Crippen LogP contribution in [0, 0.1) is 0 Å². The van der Waals surface area contributed by atoms with Crippen LogP contribution in [-0.2, 0) is 4.79 Å². The van der Waals surface area contributed by atoms with Gasteiger partial charge in [0.05, 0.1) is 10.0 Å². The van der Waals surface area contributed by atoms with Crippen molar-refractivity contribution in [3.8, 4) is 0 Å². The summed E-state index contributed by atoms with van der Waals surface area (Å²) in [6.07, 6.45) is 0. The molecule has 0 atom stereocenters. The third kappa shape index (κ3) is 3.45. The van der Waals surface area contributed by atoms with Gasteiger partial charge in [0.1, 0.15) is 0 Å². The first kappa shape index (κ1) is 12.4. The maximum Gasteiger partial charge on any atom is 0.331 e. The molecular formula is C10H8Cl2O2S. The third-order valence-corrected chi connectivity index (χ3v) is 3.69. The fourth-order valence-corrected chi connectivity index (χ4v) is 2.42. The fraction of sp³-hybridized carbons (Fsp3) is 0.100. The van der Waals surface area contributed by atoms with E-state index in [9.17, 15) is 4.79 Å². The summed E-state index contributed by atoms with van der Waals surface area (Å²) in [5.74, 6) is -0.746. The molecule has 2 nitrogen and oxygen atoms in total. The second kappa shape index (κ2) is 5.45. The van der Waals surface area contributed by atoms with Crippen LogP contribution >= 0.6 is 35.0 Å². The van der Waals surface area contributed by atoms with Crippen molar-refractivity contribution in [2.24, 2.45) is 0 Å². The molecule has 0 saturated carbocycles. The maximum atomic E-state index is 10.5. The van der Waals surface area contributed by atoms with Crippen molar-refractivity contribution in [3.05, 3.63) is 40.4 Å². The topological polar surface area (TPSA) is 37.3 Å². The van der Waals surface area contributed by atoms with Gasteiger partial charge in [0.2, 0.25) is 0 Å². The first-order valence-corrected chi connectivity index (χ1v) is 5.74. The summed E-state index contributed by atoms with van der Waals surface area (Å²) >= 11 is 13.1. The molecule has 0 spiro atoms. The lowest BCUT2D eigenvalue weighted by Crippen LogP contribution is -2.01. The van der Waals surface area contributed by atoms with Crippen LogP contribution in [-0.4, -0.2) is 16.8 Å². The molecule has 0 radical (unpaired) electrons. The monoisotopic (exact) mass is 262 g/mol. The average molecular weight is 263 g/mol. The lowest BCUT2D eigenvalue weighted by atomic mass is 10.4. The van der Waals surface area contributed by atoms with E-state index < -0.39 is 5.97 Å². The summed E-state index contributed by atoms with van der Waals surface area (Å²) < 4.78 is 0. The molecule has 1 rings (SSSR count). The Hall–Kier alpha value is -0.640. The molecule has 1 N–H and O–H groups in total. The summed E-state index contributed by atoms with van der Waals surface area (Å²) in [5.41, 5.74) is 0.121. The van der Waals surface area contributed by atoms with Crippen LogP contribution in [0.5, 0.6) is 0 Å². The van der Waals surface area contributed by atoms with Crippen molar-refractivity contribution >= 4 is 40.9 Å². The van der Waals surface area contributed by atoms with Gasteiger partial charge in [-0.3, -0.25) is 0 Å². The van der Waals surface area contributed by atoms with E-state index >= 15 is 0 Å². The molecule has 0 unspecified atom stereocenters. The van der Waals surface area contributed by atoms with Crippen LogP contribution in [0.3, 0.4) is 0 Å². The molecule has 80 valence electrons. The smallest absolute Gasteiger partial charge is 0.331 e. The summed E-state index contributed by atoms with van der Waals surface area (Å²) in [6, 6.07) is 5.15. The van der Waals surface area contributed by atoms with Crippen molar-refractivity contribution < 1.29 is 9.90 Å². The number of halogens is 2. The Morgan fingerprint density at radius 2 is 1.93 bits per heavy atom.